The summed E-state index contributed by atoms with van der Waals surface area (Å²) in [7, 11) is 2.02. The summed E-state index contributed by atoms with van der Waals surface area (Å²) >= 11 is 3.63. The summed E-state index contributed by atoms with van der Waals surface area (Å²) in [5, 5.41) is 3.44. The van der Waals surface area contributed by atoms with E-state index in [1.807, 2.05) is 7.05 Å². The second kappa shape index (κ2) is 6.20. The van der Waals surface area contributed by atoms with E-state index in [0.29, 0.717) is 0 Å². The van der Waals surface area contributed by atoms with Crippen molar-refractivity contribution in [3.63, 3.8) is 0 Å². The number of aryl methyl sites for hydroxylation is 1. The Kier molecular flexibility index (Phi) is 4.32. The van der Waals surface area contributed by atoms with Crippen LogP contribution in [0.2, 0.25) is 0 Å². The van der Waals surface area contributed by atoms with Crippen LogP contribution in [0.1, 0.15) is 28.3 Å². The summed E-state index contributed by atoms with van der Waals surface area (Å²) in [6.45, 7) is 2.93. The molecule has 2 aromatic rings. The molecule has 1 heterocycles. The summed E-state index contributed by atoms with van der Waals surface area (Å²) in [6.07, 6.45) is 1.97. The number of nitrogens with one attached hydrogen (secondary N) is 1. The first-order chi connectivity index (χ1) is 10.2. The van der Waals surface area contributed by atoms with Crippen molar-refractivity contribution in [2.45, 2.75) is 25.8 Å². The molecule has 1 aliphatic rings. The Morgan fingerprint density at radius 2 is 2.14 bits per heavy atom. The summed E-state index contributed by atoms with van der Waals surface area (Å²) in [6, 6.07) is 13.3. The van der Waals surface area contributed by atoms with Gasteiger partial charge in [0.1, 0.15) is 5.75 Å². The van der Waals surface area contributed by atoms with E-state index in [4.69, 9.17) is 4.74 Å². The van der Waals surface area contributed by atoms with Gasteiger partial charge in [-0.3, -0.25) is 0 Å². The van der Waals surface area contributed by atoms with E-state index < -0.39 is 0 Å². The van der Waals surface area contributed by atoms with Crippen molar-refractivity contribution in [3.8, 4) is 5.75 Å². The van der Waals surface area contributed by atoms with E-state index in [-0.39, 0.29) is 6.04 Å². The van der Waals surface area contributed by atoms with Crippen LogP contribution in [0.25, 0.3) is 0 Å². The van der Waals surface area contributed by atoms with Gasteiger partial charge < -0.3 is 10.1 Å². The van der Waals surface area contributed by atoms with Gasteiger partial charge in [-0.05, 0) is 43.7 Å². The molecule has 1 N–H and O–H groups in total. The molecule has 1 atom stereocenters. The minimum atomic E-state index is 0.260. The third-order valence-electron chi connectivity index (χ3n) is 4.02. The van der Waals surface area contributed by atoms with Crippen molar-refractivity contribution in [2.75, 3.05) is 13.7 Å². The van der Waals surface area contributed by atoms with Gasteiger partial charge in [0.15, 0.2) is 0 Å². The number of rotatable bonds is 4. The van der Waals surface area contributed by atoms with Gasteiger partial charge in [-0.25, -0.2) is 0 Å². The van der Waals surface area contributed by atoms with Gasteiger partial charge in [0.05, 0.1) is 6.61 Å². The molecule has 1 aliphatic heterocycles. The lowest BCUT2D eigenvalue weighted by molar-refractivity contribution is 0.349. The highest BCUT2D eigenvalue weighted by Crippen LogP contribution is 2.37. The van der Waals surface area contributed by atoms with Crippen molar-refractivity contribution < 1.29 is 4.74 Å². The Balaban J connectivity index is 1.94. The first-order valence-electron chi connectivity index (χ1n) is 7.35. The second-order valence-electron chi connectivity index (χ2n) is 5.62. The maximum absolute atomic E-state index is 5.87. The zero-order valence-corrected chi connectivity index (χ0v) is 14.0. The Labute approximate surface area is 134 Å². The SMILES string of the molecule is CNC(Cc1cccc(C)c1)c1cc(Br)cc2c1OCC2. The highest BCUT2D eigenvalue weighted by Gasteiger charge is 2.22. The van der Waals surface area contributed by atoms with Gasteiger partial charge in [-0.2, -0.15) is 0 Å². The molecule has 0 fully saturated rings. The summed E-state index contributed by atoms with van der Waals surface area (Å²) in [4.78, 5) is 0. The molecule has 0 aromatic heterocycles. The molecule has 0 saturated heterocycles. The zero-order valence-electron chi connectivity index (χ0n) is 12.4. The van der Waals surface area contributed by atoms with Crippen molar-refractivity contribution in [2.24, 2.45) is 0 Å². The smallest absolute Gasteiger partial charge is 0.127 e. The third kappa shape index (κ3) is 3.14. The Bertz CT molecular complexity index is 654. The summed E-state index contributed by atoms with van der Waals surface area (Å²) in [5.74, 6) is 1.07. The van der Waals surface area contributed by atoms with Crippen LogP contribution in [0.5, 0.6) is 5.75 Å². The highest BCUT2D eigenvalue weighted by molar-refractivity contribution is 9.10. The van der Waals surface area contributed by atoms with Crippen LogP contribution < -0.4 is 10.1 Å². The van der Waals surface area contributed by atoms with Gasteiger partial charge >= 0.3 is 0 Å². The Hall–Kier alpha value is -1.32. The van der Waals surface area contributed by atoms with Gasteiger partial charge in [0.25, 0.3) is 0 Å². The zero-order chi connectivity index (χ0) is 14.8. The van der Waals surface area contributed by atoms with Crippen molar-refractivity contribution in [1.82, 2.24) is 5.32 Å². The fourth-order valence-electron chi connectivity index (χ4n) is 3.00. The molecule has 0 spiro atoms. The van der Waals surface area contributed by atoms with E-state index in [1.54, 1.807) is 0 Å². The fraction of sp³-hybridized carbons (Fsp3) is 0.333. The minimum Gasteiger partial charge on any atom is -0.493 e. The molecular formula is C18H20BrNO. The molecule has 0 radical (unpaired) electrons. The number of hydrogen-bond donors (Lipinski definition) is 1. The average Bonchev–Trinajstić information content (AvgIpc) is 2.92. The molecule has 3 rings (SSSR count). The van der Waals surface area contributed by atoms with E-state index in [2.05, 4.69) is 64.6 Å². The van der Waals surface area contributed by atoms with Crippen LogP contribution in [-0.4, -0.2) is 13.7 Å². The van der Waals surface area contributed by atoms with Gasteiger partial charge in [-0.15, -0.1) is 0 Å². The molecule has 0 aliphatic carbocycles. The Morgan fingerprint density at radius 1 is 1.29 bits per heavy atom. The molecule has 0 bridgehead atoms. The predicted molar refractivity (Wildman–Crippen MR) is 90.0 cm³/mol. The quantitative estimate of drug-likeness (QED) is 0.896. The molecule has 110 valence electrons. The van der Waals surface area contributed by atoms with Crippen molar-refractivity contribution >= 4 is 15.9 Å². The summed E-state index contributed by atoms with van der Waals surface area (Å²) in [5.41, 5.74) is 5.21. The standard InChI is InChI=1S/C18H20BrNO/c1-12-4-3-5-13(8-12)9-17(20-2)16-11-15(19)10-14-6-7-21-18(14)16/h3-5,8,10-11,17,20H,6-7,9H2,1-2H3. The van der Waals surface area contributed by atoms with E-state index in [0.717, 1.165) is 29.7 Å². The number of hydrogen-bond acceptors (Lipinski definition) is 2. The largest absolute Gasteiger partial charge is 0.493 e. The van der Waals surface area contributed by atoms with Crippen molar-refractivity contribution in [1.29, 1.82) is 0 Å². The van der Waals surface area contributed by atoms with E-state index in [9.17, 15) is 0 Å². The maximum atomic E-state index is 5.87. The average molecular weight is 346 g/mol. The molecule has 2 nitrogen and oxygen atoms in total. The van der Waals surface area contributed by atoms with E-state index in [1.165, 1.54) is 22.3 Å². The highest BCUT2D eigenvalue weighted by atomic mass is 79.9. The lowest BCUT2D eigenvalue weighted by atomic mass is 9.95. The van der Waals surface area contributed by atoms with Crippen LogP contribution >= 0.6 is 15.9 Å². The minimum absolute atomic E-state index is 0.260. The van der Waals surface area contributed by atoms with Crippen molar-refractivity contribution in [3.05, 3.63) is 63.1 Å². The summed E-state index contributed by atoms with van der Waals surface area (Å²) < 4.78 is 7.00. The molecule has 3 heteroatoms. The number of likely N-dealkylation sites (N-methyl/N-ethyl adjacent to an activating group) is 1. The van der Waals surface area contributed by atoms with Crippen LogP contribution in [0, 0.1) is 6.92 Å². The number of fused-ring (bicyclic) bond motifs is 1. The first kappa shape index (κ1) is 14.6. The van der Waals surface area contributed by atoms with Gasteiger partial charge in [0, 0.05) is 22.5 Å². The van der Waals surface area contributed by atoms with Gasteiger partial charge in [0.2, 0.25) is 0 Å². The third-order valence-corrected chi connectivity index (χ3v) is 4.48. The maximum Gasteiger partial charge on any atom is 0.127 e. The topological polar surface area (TPSA) is 21.3 Å². The van der Waals surface area contributed by atoms with E-state index >= 15 is 0 Å². The molecule has 2 aromatic carbocycles. The lowest BCUT2D eigenvalue weighted by Crippen LogP contribution is -2.19. The molecule has 0 saturated carbocycles. The monoisotopic (exact) mass is 345 g/mol. The fourth-order valence-corrected chi connectivity index (χ4v) is 3.52. The Morgan fingerprint density at radius 3 is 2.90 bits per heavy atom. The van der Waals surface area contributed by atoms with Crippen LogP contribution in [0.4, 0.5) is 0 Å². The molecular weight excluding hydrogens is 326 g/mol. The molecule has 1 unspecified atom stereocenters. The number of benzene rings is 2. The first-order valence-corrected chi connectivity index (χ1v) is 8.14. The van der Waals surface area contributed by atoms with Crippen LogP contribution in [-0.2, 0) is 12.8 Å². The normalized spacial score (nSPS) is 14.6. The second-order valence-corrected chi connectivity index (χ2v) is 6.53. The van der Waals surface area contributed by atoms with Gasteiger partial charge in [-0.1, -0.05) is 45.8 Å². The predicted octanol–water partition coefficient (Wildman–Crippen LogP) is 4.20. The van der Waals surface area contributed by atoms with Crippen LogP contribution in [0.3, 0.4) is 0 Å². The lowest BCUT2D eigenvalue weighted by Gasteiger charge is -2.20. The number of halogens is 1. The van der Waals surface area contributed by atoms with Crippen LogP contribution in [0.15, 0.2) is 40.9 Å². The molecule has 0 amide bonds. The number of ether oxygens (including phenoxy) is 1. The molecule has 21 heavy (non-hydrogen) atoms.